The van der Waals surface area contributed by atoms with Crippen molar-refractivity contribution < 1.29 is 9.53 Å². The van der Waals surface area contributed by atoms with Crippen LogP contribution in [-0.2, 0) is 16.1 Å². The standard InChI is InChI=1S/C12H15ClN2O2.ClH/c13-10-3-1-9(2-4-10)7-15-12(16)11-8-14-5-6-17-11;/h1-4,11,14H,5-8H2,(H,15,16);1H. The molecule has 1 amide bonds. The summed E-state index contributed by atoms with van der Waals surface area (Å²) in [7, 11) is 0. The first-order valence-corrected chi connectivity index (χ1v) is 5.98. The van der Waals surface area contributed by atoms with Crippen LogP contribution in [-0.4, -0.2) is 31.7 Å². The average Bonchev–Trinajstić information content (AvgIpc) is 2.39. The molecule has 1 fully saturated rings. The van der Waals surface area contributed by atoms with Crippen molar-refractivity contribution in [2.24, 2.45) is 0 Å². The van der Waals surface area contributed by atoms with Crippen molar-refractivity contribution in [1.29, 1.82) is 0 Å². The number of rotatable bonds is 3. The highest BCUT2D eigenvalue weighted by Crippen LogP contribution is 2.09. The van der Waals surface area contributed by atoms with Gasteiger partial charge in [-0.2, -0.15) is 0 Å². The molecule has 1 aliphatic heterocycles. The van der Waals surface area contributed by atoms with Crippen LogP contribution in [0.15, 0.2) is 24.3 Å². The zero-order valence-electron chi connectivity index (χ0n) is 9.82. The molecule has 2 rings (SSSR count). The molecule has 6 heteroatoms. The fourth-order valence-electron chi connectivity index (χ4n) is 1.64. The molecule has 1 atom stereocenters. The Labute approximate surface area is 117 Å². The van der Waals surface area contributed by atoms with Gasteiger partial charge in [-0.25, -0.2) is 0 Å². The van der Waals surface area contributed by atoms with Gasteiger partial charge in [-0.05, 0) is 17.7 Å². The lowest BCUT2D eigenvalue weighted by Crippen LogP contribution is -2.47. The topological polar surface area (TPSA) is 50.4 Å². The Morgan fingerprint density at radius 3 is 2.78 bits per heavy atom. The van der Waals surface area contributed by atoms with Gasteiger partial charge in [0.25, 0.3) is 5.91 Å². The van der Waals surface area contributed by atoms with Gasteiger partial charge in [0.1, 0.15) is 6.10 Å². The van der Waals surface area contributed by atoms with Gasteiger partial charge in [-0.15, -0.1) is 12.4 Å². The number of halogens is 2. The molecule has 18 heavy (non-hydrogen) atoms. The summed E-state index contributed by atoms with van der Waals surface area (Å²) in [5, 5.41) is 6.65. The molecule has 1 aliphatic rings. The van der Waals surface area contributed by atoms with Crippen LogP contribution in [0.25, 0.3) is 0 Å². The second-order valence-electron chi connectivity index (χ2n) is 3.91. The predicted octanol–water partition coefficient (Wildman–Crippen LogP) is 1.37. The van der Waals surface area contributed by atoms with E-state index in [0.717, 1.165) is 12.1 Å². The van der Waals surface area contributed by atoms with Gasteiger partial charge >= 0.3 is 0 Å². The fraction of sp³-hybridized carbons (Fsp3) is 0.417. The highest BCUT2D eigenvalue weighted by molar-refractivity contribution is 6.30. The van der Waals surface area contributed by atoms with E-state index in [4.69, 9.17) is 16.3 Å². The van der Waals surface area contributed by atoms with Crippen LogP contribution < -0.4 is 10.6 Å². The lowest BCUT2D eigenvalue weighted by atomic mass is 10.2. The van der Waals surface area contributed by atoms with E-state index in [2.05, 4.69) is 10.6 Å². The molecular formula is C12H16Cl2N2O2. The van der Waals surface area contributed by atoms with Crippen molar-refractivity contribution in [2.45, 2.75) is 12.6 Å². The van der Waals surface area contributed by atoms with Crippen LogP contribution in [0.4, 0.5) is 0 Å². The summed E-state index contributed by atoms with van der Waals surface area (Å²) in [4.78, 5) is 11.7. The van der Waals surface area contributed by atoms with E-state index < -0.39 is 0 Å². The quantitative estimate of drug-likeness (QED) is 0.884. The Kier molecular flexibility index (Phi) is 6.43. The zero-order chi connectivity index (χ0) is 12.1. The number of hydrogen-bond donors (Lipinski definition) is 2. The molecule has 1 heterocycles. The number of ether oxygens (including phenoxy) is 1. The highest BCUT2D eigenvalue weighted by Gasteiger charge is 2.20. The highest BCUT2D eigenvalue weighted by atomic mass is 35.5. The minimum Gasteiger partial charge on any atom is -0.366 e. The molecule has 1 aromatic rings. The van der Waals surface area contributed by atoms with Crippen LogP contribution in [0.5, 0.6) is 0 Å². The molecular weight excluding hydrogens is 275 g/mol. The third kappa shape index (κ3) is 4.46. The van der Waals surface area contributed by atoms with Gasteiger partial charge in [0, 0.05) is 24.7 Å². The minimum atomic E-state index is -0.379. The van der Waals surface area contributed by atoms with E-state index in [-0.39, 0.29) is 24.4 Å². The molecule has 0 aliphatic carbocycles. The van der Waals surface area contributed by atoms with Crippen LogP contribution in [0.2, 0.25) is 5.02 Å². The summed E-state index contributed by atoms with van der Waals surface area (Å²) >= 11 is 5.78. The summed E-state index contributed by atoms with van der Waals surface area (Å²) < 4.78 is 5.35. The second-order valence-corrected chi connectivity index (χ2v) is 4.34. The average molecular weight is 291 g/mol. The first-order chi connectivity index (χ1) is 8.25. The first kappa shape index (κ1) is 15.2. The summed E-state index contributed by atoms with van der Waals surface area (Å²) in [5.41, 5.74) is 1.02. The third-order valence-corrected chi connectivity index (χ3v) is 2.85. The summed E-state index contributed by atoms with van der Waals surface area (Å²) in [5.74, 6) is -0.0767. The molecule has 1 unspecified atom stereocenters. The molecule has 0 bridgehead atoms. The molecule has 0 aromatic heterocycles. The van der Waals surface area contributed by atoms with Crippen molar-refractivity contribution in [3.05, 3.63) is 34.9 Å². The van der Waals surface area contributed by atoms with Crippen LogP contribution in [0.1, 0.15) is 5.56 Å². The summed E-state index contributed by atoms with van der Waals surface area (Å²) in [6.45, 7) is 2.46. The molecule has 0 radical (unpaired) electrons. The third-order valence-electron chi connectivity index (χ3n) is 2.60. The number of benzene rings is 1. The monoisotopic (exact) mass is 290 g/mol. The Morgan fingerprint density at radius 1 is 1.44 bits per heavy atom. The van der Waals surface area contributed by atoms with Gasteiger partial charge in [0.05, 0.1) is 6.61 Å². The Balaban J connectivity index is 0.00000162. The largest absolute Gasteiger partial charge is 0.366 e. The number of carbonyl (C=O) groups excluding carboxylic acids is 1. The number of carbonyl (C=O) groups is 1. The van der Waals surface area contributed by atoms with Gasteiger partial charge in [-0.1, -0.05) is 23.7 Å². The Morgan fingerprint density at radius 2 is 2.17 bits per heavy atom. The second kappa shape index (κ2) is 7.59. The zero-order valence-corrected chi connectivity index (χ0v) is 11.4. The fourth-order valence-corrected chi connectivity index (χ4v) is 1.77. The molecule has 0 spiro atoms. The van der Waals surface area contributed by atoms with Crippen molar-refractivity contribution >= 4 is 29.9 Å². The summed E-state index contributed by atoms with van der Waals surface area (Å²) in [6.07, 6.45) is -0.379. The molecule has 1 saturated heterocycles. The molecule has 0 saturated carbocycles. The summed E-state index contributed by atoms with van der Waals surface area (Å²) in [6, 6.07) is 7.40. The van der Waals surface area contributed by atoms with Crippen molar-refractivity contribution in [3.63, 3.8) is 0 Å². The van der Waals surface area contributed by atoms with E-state index in [9.17, 15) is 4.79 Å². The number of morpholine rings is 1. The first-order valence-electron chi connectivity index (χ1n) is 5.60. The van der Waals surface area contributed by atoms with Crippen LogP contribution >= 0.6 is 24.0 Å². The van der Waals surface area contributed by atoms with Gasteiger partial charge in [-0.3, -0.25) is 4.79 Å². The van der Waals surface area contributed by atoms with Crippen LogP contribution in [0.3, 0.4) is 0 Å². The molecule has 1 aromatic carbocycles. The van der Waals surface area contributed by atoms with E-state index in [1.165, 1.54) is 0 Å². The normalized spacial score (nSPS) is 18.8. The van der Waals surface area contributed by atoms with E-state index >= 15 is 0 Å². The predicted molar refractivity (Wildman–Crippen MR) is 73.2 cm³/mol. The van der Waals surface area contributed by atoms with Gasteiger partial charge in [0.2, 0.25) is 0 Å². The lowest BCUT2D eigenvalue weighted by molar-refractivity contribution is -0.134. The molecule has 100 valence electrons. The van der Waals surface area contributed by atoms with E-state index in [1.54, 1.807) is 0 Å². The number of amides is 1. The Bertz CT molecular complexity index is 378. The van der Waals surface area contributed by atoms with Crippen molar-refractivity contribution in [1.82, 2.24) is 10.6 Å². The van der Waals surface area contributed by atoms with Crippen molar-refractivity contribution in [3.8, 4) is 0 Å². The molecule has 4 nitrogen and oxygen atoms in total. The maximum absolute atomic E-state index is 11.7. The Hall–Kier alpha value is -0.810. The minimum absolute atomic E-state index is 0. The van der Waals surface area contributed by atoms with Gasteiger partial charge < -0.3 is 15.4 Å². The maximum Gasteiger partial charge on any atom is 0.250 e. The van der Waals surface area contributed by atoms with Gasteiger partial charge in [0.15, 0.2) is 0 Å². The van der Waals surface area contributed by atoms with E-state index in [1.807, 2.05) is 24.3 Å². The maximum atomic E-state index is 11.7. The van der Waals surface area contributed by atoms with Crippen LogP contribution in [0, 0.1) is 0 Å². The number of hydrogen-bond acceptors (Lipinski definition) is 3. The number of nitrogens with one attached hydrogen (secondary N) is 2. The molecule has 2 N–H and O–H groups in total. The lowest BCUT2D eigenvalue weighted by Gasteiger charge is -2.22. The SMILES string of the molecule is Cl.O=C(NCc1ccc(Cl)cc1)C1CNCCO1. The van der Waals surface area contributed by atoms with Crippen molar-refractivity contribution in [2.75, 3.05) is 19.7 Å². The van der Waals surface area contributed by atoms with E-state index in [0.29, 0.717) is 24.7 Å². The smallest absolute Gasteiger partial charge is 0.250 e.